The SMILES string of the molecule is Cc1ccsc1C1(N)CC1. The molecule has 1 heterocycles. The molecule has 0 bridgehead atoms. The number of aryl methyl sites for hydroxylation is 1. The fourth-order valence-corrected chi connectivity index (χ4v) is 2.35. The highest BCUT2D eigenvalue weighted by molar-refractivity contribution is 7.10. The highest BCUT2D eigenvalue weighted by Crippen LogP contribution is 2.46. The van der Waals surface area contributed by atoms with Gasteiger partial charge in [0.25, 0.3) is 0 Å². The quantitative estimate of drug-likeness (QED) is 0.656. The largest absolute Gasteiger partial charge is 0.321 e. The maximum absolute atomic E-state index is 6.02. The molecule has 0 saturated heterocycles. The Balaban J connectivity index is 2.42. The molecule has 1 aromatic heterocycles. The molecule has 0 aliphatic heterocycles. The number of hydrogen-bond donors (Lipinski definition) is 1. The molecular weight excluding hydrogens is 142 g/mol. The lowest BCUT2D eigenvalue weighted by molar-refractivity contribution is 0.753. The third kappa shape index (κ3) is 0.796. The van der Waals surface area contributed by atoms with Gasteiger partial charge in [0.05, 0.1) is 5.54 Å². The van der Waals surface area contributed by atoms with Crippen LogP contribution in [0.1, 0.15) is 23.3 Å². The second kappa shape index (κ2) is 1.83. The molecule has 0 unspecified atom stereocenters. The van der Waals surface area contributed by atoms with Crippen molar-refractivity contribution < 1.29 is 0 Å². The summed E-state index contributed by atoms with van der Waals surface area (Å²) in [6.07, 6.45) is 2.35. The summed E-state index contributed by atoms with van der Waals surface area (Å²) in [4.78, 5) is 1.40. The average molecular weight is 153 g/mol. The van der Waals surface area contributed by atoms with Crippen LogP contribution in [0.4, 0.5) is 0 Å². The van der Waals surface area contributed by atoms with E-state index in [0.29, 0.717) is 0 Å². The molecule has 1 fully saturated rings. The van der Waals surface area contributed by atoms with Crippen molar-refractivity contribution in [3.8, 4) is 0 Å². The van der Waals surface area contributed by atoms with Crippen LogP contribution < -0.4 is 5.73 Å². The Bertz CT molecular complexity index is 248. The van der Waals surface area contributed by atoms with E-state index in [-0.39, 0.29) is 5.54 Å². The number of thiophene rings is 1. The molecule has 1 nitrogen and oxygen atoms in total. The number of rotatable bonds is 1. The fourth-order valence-electron chi connectivity index (χ4n) is 1.24. The van der Waals surface area contributed by atoms with Crippen molar-refractivity contribution >= 4 is 11.3 Å². The highest BCUT2D eigenvalue weighted by atomic mass is 32.1. The summed E-state index contributed by atoms with van der Waals surface area (Å²) in [5.74, 6) is 0. The van der Waals surface area contributed by atoms with E-state index in [2.05, 4.69) is 18.4 Å². The van der Waals surface area contributed by atoms with E-state index in [9.17, 15) is 0 Å². The van der Waals surface area contributed by atoms with E-state index >= 15 is 0 Å². The lowest BCUT2D eigenvalue weighted by Gasteiger charge is -2.05. The van der Waals surface area contributed by atoms with Crippen LogP contribution in [0.3, 0.4) is 0 Å². The molecule has 0 amide bonds. The Hall–Kier alpha value is -0.340. The lowest BCUT2D eigenvalue weighted by Crippen LogP contribution is -2.17. The highest BCUT2D eigenvalue weighted by Gasteiger charge is 2.41. The Kier molecular flexibility index (Phi) is 1.17. The summed E-state index contributed by atoms with van der Waals surface area (Å²) < 4.78 is 0. The zero-order chi connectivity index (χ0) is 7.19. The predicted molar refractivity (Wildman–Crippen MR) is 44.2 cm³/mol. The smallest absolute Gasteiger partial charge is 0.0508 e. The fraction of sp³-hybridized carbons (Fsp3) is 0.500. The van der Waals surface area contributed by atoms with Crippen molar-refractivity contribution in [1.29, 1.82) is 0 Å². The average Bonchev–Trinajstić information content (AvgIpc) is 2.44. The van der Waals surface area contributed by atoms with E-state index in [1.807, 2.05) is 0 Å². The molecule has 0 spiro atoms. The van der Waals surface area contributed by atoms with Gasteiger partial charge in [-0.2, -0.15) is 0 Å². The van der Waals surface area contributed by atoms with Crippen molar-refractivity contribution in [2.45, 2.75) is 25.3 Å². The molecule has 1 aromatic rings. The third-order valence-corrected chi connectivity index (χ3v) is 3.34. The first-order valence-electron chi connectivity index (χ1n) is 3.56. The molecule has 2 heteroatoms. The second-order valence-corrected chi connectivity index (χ2v) is 4.00. The maximum Gasteiger partial charge on any atom is 0.0508 e. The van der Waals surface area contributed by atoms with Gasteiger partial charge in [0, 0.05) is 4.88 Å². The van der Waals surface area contributed by atoms with Crippen LogP contribution in [0, 0.1) is 6.92 Å². The summed E-state index contributed by atoms with van der Waals surface area (Å²) in [6, 6.07) is 2.15. The van der Waals surface area contributed by atoms with Crippen molar-refractivity contribution in [3.05, 3.63) is 21.9 Å². The molecule has 10 heavy (non-hydrogen) atoms. The molecule has 2 rings (SSSR count). The molecule has 1 aliphatic rings. The molecule has 0 radical (unpaired) electrons. The minimum Gasteiger partial charge on any atom is -0.321 e. The van der Waals surface area contributed by atoms with Crippen LogP contribution in [0.25, 0.3) is 0 Å². The van der Waals surface area contributed by atoms with Gasteiger partial charge in [0.1, 0.15) is 0 Å². The summed E-state index contributed by atoms with van der Waals surface area (Å²) in [5, 5.41) is 2.12. The second-order valence-electron chi connectivity index (χ2n) is 3.09. The molecule has 0 aromatic carbocycles. The summed E-state index contributed by atoms with van der Waals surface area (Å²) in [5.41, 5.74) is 7.47. The maximum atomic E-state index is 6.02. The molecule has 1 saturated carbocycles. The Morgan fingerprint density at radius 2 is 2.30 bits per heavy atom. The van der Waals surface area contributed by atoms with E-state index in [1.165, 1.54) is 23.3 Å². The van der Waals surface area contributed by atoms with Crippen molar-refractivity contribution in [1.82, 2.24) is 0 Å². The summed E-state index contributed by atoms with van der Waals surface area (Å²) in [6.45, 7) is 2.14. The van der Waals surface area contributed by atoms with E-state index < -0.39 is 0 Å². The van der Waals surface area contributed by atoms with Crippen LogP contribution in [0.15, 0.2) is 11.4 Å². The third-order valence-electron chi connectivity index (χ3n) is 2.10. The van der Waals surface area contributed by atoms with Gasteiger partial charge in [-0.15, -0.1) is 11.3 Å². The van der Waals surface area contributed by atoms with Crippen LogP contribution in [0.5, 0.6) is 0 Å². The first-order chi connectivity index (χ1) is 4.72. The molecule has 0 atom stereocenters. The monoisotopic (exact) mass is 153 g/mol. The minimum absolute atomic E-state index is 0.0816. The van der Waals surface area contributed by atoms with Gasteiger partial charge in [-0.1, -0.05) is 0 Å². The molecule has 54 valence electrons. The van der Waals surface area contributed by atoms with Gasteiger partial charge in [-0.25, -0.2) is 0 Å². The number of nitrogens with two attached hydrogens (primary N) is 1. The van der Waals surface area contributed by atoms with Gasteiger partial charge in [-0.05, 0) is 36.8 Å². The van der Waals surface area contributed by atoms with Gasteiger partial charge < -0.3 is 5.73 Å². The van der Waals surface area contributed by atoms with Gasteiger partial charge >= 0.3 is 0 Å². The Labute approximate surface area is 64.9 Å². The Morgan fingerprint density at radius 3 is 2.70 bits per heavy atom. The van der Waals surface area contributed by atoms with Crippen LogP contribution >= 0.6 is 11.3 Å². The summed E-state index contributed by atoms with van der Waals surface area (Å²) >= 11 is 1.79. The van der Waals surface area contributed by atoms with Crippen LogP contribution in [0.2, 0.25) is 0 Å². The minimum atomic E-state index is 0.0816. The predicted octanol–water partition coefficient (Wildman–Crippen LogP) is 2.00. The Morgan fingerprint density at radius 1 is 1.60 bits per heavy atom. The normalized spacial score (nSPS) is 21.0. The first-order valence-corrected chi connectivity index (χ1v) is 4.44. The van der Waals surface area contributed by atoms with E-state index in [0.717, 1.165) is 0 Å². The van der Waals surface area contributed by atoms with E-state index in [4.69, 9.17) is 5.73 Å². The lowest BCUT2D eigenvalue weighted by atomic mass is 10.1. The number of hydrogen-bond acceptors (Lipinski definition) is 2. The molecule has 2 N–H and O–H groups in total. The van der Waals surface area contributed by atoms with Crippen molar-refractivity contribution in [3.63, 3.8) is 0 Å². The van der Waals surface area contributed by atoms with E-state index in [1.54, 1.807) is 11.3 Å². The van der Waals surface area contributed by atoms with Crippen molar-refractivity contribution in [2.75, 3.05) is 0 Å². The van der Waals surface area contributed by atoms with Crippen LogP contribution in [-0.4, -0.2) is 0 Å². The van der Waals surface area contributed by atoms with Gasteiger partial charge in [0.15, 0.2) is 0 Å². The van der Waals surface area contributed by atoms with Crippen molar-refractivity contribution in [2.24, 2.45) is 5.73 Å². The molecule has 1 aliphatic carbocycles. The zero-order valence-corrected chi connectivity index (χ0v) is 6.87. The summed E-state index contributed by atoms with van der Waals surface area (Å²) in [7, 11) is 0. The first kappa shape index (κ1) is 6.38. The standard InChI is InChI=1S/C8H11NS/c1-6-2-5-10-7(6)8(9)3-4-8/h2,5H,3-4,9H2,1H3. The van der Waals surface area contributed by atoms with Gasteiger partial charge in [-0.3, -0.25) is 0 Å². The van der Waals surface area contributed by atoms with Gasteiger partial charge in [0.2, 0.25) is 0 Å². The topological polar surface area (TPSA) is 26.0 Å². The zero-order valence-electron chi connectivity index (χ0n) is 6.05. The molecular formula is C8H11NS. The van der Waals surface area contributed by atoms with Crippen LogP contribution in [-0.2, 0) is 5.54 Å².